The second kappa shape index (κ2) is 10.3. The van der Waals surface area contributed by atoms with Crippen LogP contribution in [0.5, 0.6) is 11.5 Å². The molecule has 2 aromatic rings. The Balaban J connectivity index is 1.27. The van der Waals surface area contributed by atoms with Crippen molar-refractivity contribution in [2.45, 2.75) is 32.8 Å². The minimum absolute atomic E-state index is 0.141. The normalized spacial score (nSPS) is 19.9. The molecular formula is C27H35N5O4. The van der Waals surface area contributed by atoms with Gasteiger partial charge in [0.1, 0.15) is 17.3 Å². The van der Waals surface area contributed by atoms with Gasteiger partial charge in [-0.15, -0.1) is 0 Å². The van der Waals surface area contributed by atoms with E-state index in [0.717, 1.165) is 72.5 Å². The van der Waals surface area contributed by atoms with Crippen molar-refractivity contribution in [3.63, 3.8) is 0 Å². The molecule has 0 aliphatic carbocycles. The number of hydrogen-bond donors (Lipinski definition) is 2. The number of anilines is 3. The van der Waals surface area contributed by atoms with Crippen molar-refractivity contribution in [1.82, 2.24) is 10.5 Å². The summed E-state index contributed by atoms with van der Waals surface area (Å²) >= 11 is 0. The summed E-state index contributed by atoms with van der Waals surface area (Å²) in [5, 5.41) is 4.84. The topological polar surface area (TPSA) is 78.5 Å². The number of carbonyl (C=O) groups is 1. The third kappa shape index (κ3) is 5.08. The highest BCUT2D eigenvalue weighted by Crippen LogP contribution is 2.41. The van der Waals surface area contributed by atoms with Crippen molar-refractivity contribution in [2.24, 2.45) is 5.92 Å². The number of fused-ring (bicyclic) bond motifs is 1. The maximum absolute atomic E-state index is 13.2. The summed E-state index contributed by atoms with van der Waals surface area (Å²) in [5.74, 6) is 2.64. The molecule has 9 nitrogen and oxygen atoms in total. The molecule has 0 saturated carbocycles. The van der Waals surface area contributed by atoms with Crippen molar-refractivity contribution >= 4 is 23.0 Å². The number of nitrogens with zero attached hydrogens (tertiary/aromatic N) is 3. The maximum Gasteiger partial charge on any atom is 0.265 e. The third-order valence-corrected chi connectivity index (χ3v) is 6.93. The number of allylic oxidation sites excluding steroid dienone is 1. The van der Waals surface area contributed by atoms with E-state index in [0.29, 0.717) is 12.3 Å². The number of likely N-dealkylation sites (N-methyl/N-ethyl adjacent to an activating group) is 1. The number of piperazine rings is 1. The molecule has 36 heavy (non-hydrogen) atoms. The Morgan fingerprint density at radius 1 is 1.14 bits per heavy atom. The summed E-state index contributed by atoms with van der Waals surface area (Å²) in [6, 6.07) is 11.7. The Bertz CT molecular complexity index is 1130. The summed E-state index contributed by atoms with van der Waals surface area (Å²) in [6.45, 7) is 7.94. The number of amides is 1. The predicted octanol–water partition coefficient (Wildman–Crippen LogP) is 3.53. The van der Waals surface area contributed by atoms with Crippen LogP contribution in [0.3, 0.4) is 0 Å². The minimum Gasteiger partial charge on any atom is -0.497 e. The molecule has 3 aliphatic heterocycles. The Morgan fingerprint density at radius 3 is 2.56 bits per heavy atom. The maximum atomic E-state index is 13.2. The fourth-order valence-corrected chi connectivity index (χ4v) is 4.64. The van der Waals surface area contributed by atoms with Gasteiger partial charge >= 0.3 is 0 Å². The van der Waals surface area contributed by atoms with Crippen molar-refractivity contribution in [1.29, 1.82) is 0 Å². The van der Waals surface area contributed by atoms with Gasteiger partial charge in [-0.2, -0.15) is 0 Å². The average molecular weight is 494 g/mol. The van der Waals surface area contributed by atoms with Gasteiger partial charge in [0.05, 0.1) is 24.7 Å². The number of hydrogen-bond acceptors (Lipinski definition) is 8. The number of benzene rings is 2. The van der Waals surface area contributed by atoms with Crippen LogP contribution in [0.15, 0.2) is 48.4 Å². The van der Waals surface area contributed by atoms with E-state index < -0.39 is 6.10 Å². The number of nitrogens with one attached hydrogen (secondary N) is 2. The highest BCUT2D eigenvalue weighted by molar-refractivity contribution is 5.95. The zero-order valence-corrected chi connectivity index (χ0v) is 21.4. The van der Waals surface area contributed by atoms with Crippen LogP contribution in [0, 0.1) is 5.92 Å². The van der Waals surface area contributed by atoms with E-state index in [1.54, 1.807) is 7.11 Å². The lowest BCUT2D eigenvalue weighted by molar-refractivity contribution is -0.123. The smallest absolute Gasteiger partial charge is 0.265 e. The first-order valence-corrected chi connectivity index (χ1v) is 12.6. The average Bonchev–Trinajstić information content (AvgIpc) is 3.39. The van der Waals surface area contributed by atoms with Gasteiger partial charge in [0.2, 0.25) is 0 Å². The molecule has 3 heterocycles. The van der Waals surface area contributed by atoms with Crippen LogP contribution in [0.25, 0.3) is 0 Å². The van der Waals surface area contributed by atoms with Crippen molar-refractivity contribution in [2.75, 3.05) is 55.6 Å². The Morgan fingerprint density at radius 2 is 1.89 bits per heavy atom. The largest absolute Gasteiger partial charge is 0.497 e. The van der Waals surface area contributed by atoms with Gasteiger partial charge in [-0.05, 0) is 50.2 Å². The lowest BCUT2D eigenvalue weighted by Crippen LogP contribution is -2.45. The molecule has 5 rings (SSSR count). The molecule has 2 N–H and O–H groups in total. The van der Waals surface area contributed by atoms with Crippen molar-refractivity contribution < 1.29 is 19.1 Å². The van der Waals surface area contributed by atoms with E-state index in [4.69, 9.17) is 14.3 Å². The van der Waals surface area contributed by atoms with E-state index >= 15 is 0 Å². The van der Waals surface area contributed by atoms with E-state index in [1.807, 2.05) is 47.6 Å². The van der Waals surface area contributed by atoms with Gasteiger partial charge in [-0.3, -0.25) is 4.79 Å². The van der Waals surface area contributed by atoms with Crippen LogP contribution in [0.2, 0.25) is 0 Å². The van der Waals surface area contributed by atoms with E-state index in [2.05, 4.69) is 41.6 Å². The van der Waals surface area contributed by atoms with Crippen LogP contribution >= 0.6 is 0 Å². The first-order valence-electron chi connectivity index (χ1n) is 12.6. The molecule has 192 valence electrons. The molecule has 2 aromatic carbocycles. The second-order valence-corrected chi connectivity index (χ2v) is 9.86. The van der Waals surface area contributed by atoms with Gasteiger partial charge in [0.25, 0.3) is 5.91 Å². The molecule has 0 aromatic heterocycles. The Kier molecular flexibility index (Phi) is 6.93. The summed E-state index contributed by atoms with van der Waals surface area (Å²) in [5.41, 5.74) is 6.62. The standard InChI is InChI=1S/C27H35N5O4/c1-18(2)25-17-32(29-36-25)21-8-6-20(7-9-21)28-27(33)24-10-5-19-15-22(34-4)16-23(26(19)35-24)31-13-11-30(3)12-14-31/h6-9,15-18,24,29H,5,10-14H2,1-4H3,(H,28,33). The molecular weight excluding hydrogens is 458 g/mol. The van der Waals surface area contributed by atoms with Crippen LogP contribution in [0.4, 0.5) is 17.1 Å². The Labute approximate surface area is 212 Å². The molecule has 0 spiro atoms. The molecule has 1 unspecified atom stereocenters. The Hall–Kier alpha value is -3.43. The lowest BCUT2D eigenvalue weighted by atomic mass is 9.99. The molecule has 9 heteroatoms. The first kappa shape index (κ1) is 24.3. The van der Waals surface area contributed by atoms with E-state index in [9.17, 15) is 4.79 Å². The molecule has 0 bridgehead atoms. The number of hydrazine groups is 1. The van der Waals surface area contributed by atoms with E-state index in [1.165, 1.54) is 0 Å². The summed E-state index contributed by atoms with van der Waals surface area (Å²) in [6.07, 6.45) is 2.75. The molecule has 3 aliphatic rings. The minimum atomic E-state index is -0.554. The van der Waals surface area contributed by atoms with Gasteiger partial charge < -0.3 is 29.4 Å². The highest BCUT2D eigenvalue weighted by Gasteiger charge is 2.31. The summed E-state index contributed by atoms with van der Waals surface area (Å²) in [7, 11) is 3.82. The van der Waals surface area contributed by atoms with Gasteiger partial charge in [-0.1, -0.05) is 19.4 Å². The summed E-state index contributed by atoms with van der Waals surface area (Å²) in [4.78, 5) is 23.3. The zero-order valence-electron chi connectivity index (χ0n) is 21.4. The van der Waals surface area contributed by atoms with Gasteiger partial charge in [0.15, 0.2) is 6.10 Å². The van der Waals surface area contributed by atoms with Gasteiger partial charge in [-0.25, -0.2) is 5.01 Å². The van der Waals surface area contributed by atoms with Crippen LogP contribution < -0.4 is 30.3 Å². The van der Waals surface area contributed by atoms with Gasteiger partial charge in [0, 0.05) is 49.4 Å². The quantitative estimate of drug-likeness (QED) is 0.633. The summed E-state index contributed by atoms with van der Waals surface area (Å²) < 4.78 is 11.9. The third-order valence-electron chi connectivity index (χ3n) is 6.93. The number of rotatable bonds is 6. The van der Waals surface area contributed by atoms with E-state index in [-0.39, 0.29) is 5.91 Å². The number of aryl methyl sites for hydroxylation is 1. The predicted molar refractivity (Wildman–Crippen MR) is 140 cm³/mol. The highest BCUT2D eigenvalue weighted by atomic mass is 16.7. The molecule has 1 fully saturated rings. The molecule has 1 atom stereocenters. The fourth-order valence-electron chi connectivity index (χ4n) is 4.64. The molecule has 1 amide bonds. The lowest BCUT2D eigenvalue weighted by Gasteiger charge is -2.37. The van der Waals surface area contributed by atoms with Crippen LogP contribution in [-0.4, -0.2) is 57.2 Å². The van der Waals surface area contributed by atoms with Crippen LogP contribution in [0.1, 0.15) is 25.8 Å². The van der Waals surface area contributed by atoms with Crippen molar-refractivity contribution in [3.05, 3.63) is 53.9 Å². The molecule has 1 saturated heterocycles. The zero-order chi connectivity index (χ0) is 25.2. The number of ether oxygens (including phenoxy) is 2. The number of carbonyl (C=O) groups excluding carboxylic acids is 1. The van der Waals surface area contributed by atoms with Crippen molar-refractivity contribution in [3.8, 4) is 11.5 Å². The van der Waals surface area contributed by atoms with Crippen LogP contribution in [-0.2, 0) is 16.1 Å². The molecule has 0 radical (unpaired) electrons. The number of methoxy groups -OCH3 is 1. The monoisotopic (exact) mass is 493 g/mol. The SMILES string of the molecule is COc1cc2c(c(N3CCN(C)CC3)c1)OC(C(=O)Nc1ccc(N3C=C(C(C)C)ON3)cc1)CC2. The fraction of sp³-hybridized carbons (Fsp3) is 0.444. The first-order chi connectivity index (χ1) is 17.4. The second-order valence-electron chi connectivity index (χ2n) is 9.86.